The molecule has 0 aliphatic rings. The quantitative estimate of drug-likeness (QED) is 0.795. The molecule has 1 N–H and O–H groups in total. The van der Waals surface area contributed by atoms with Crippen molar-refractivity contribution in [2.24, 2.45) is 0 Å². The van der Waals surface area contributed by atoms with Crippen LogP contribution in [0.5, 0.6) is 0 Å². The Hall–Kier alpha value is -1.31. The zero-order chi connectivity index (χ0) is 13.7. The van der Waals surface area contributed by atoms with E-state index in [9.17, 15) is 0 Å². The lowest BCUT2D eigenvalue weighted by molar-refractivity contribution is 0.456. The Morgan fingerprint density at radius 2 is 1.58 bits per heavy atom. The summed E-state index contributed by atoms with van der Waals surface area (Å²) in [5.41, 5.74) is 2.60. The second-order valence-corrected chi connectivity index (χ2v) is 5.25. The maximum absolute atomic E-state index is 5.92. The highest BCUT2D eigenvalue weighted by molar-refractivity contribution is 6.30. The highest BCUT2D eigenvalue weighted by atomic mass is 35.5. The minimum atomic E-state index is 0.308. The summed E-state index contributed by atoms with van der Waals surface area (Å²) in [6.45, 7) is 4.40. The molecular formula is C17H20ClN. The van der Waals surface area contributed by atoms with Crippen LogP contribution in [0.3, 0.4) is 0 Å². The van der Waals surface area contributed by atoms with E-state index in [-0.39, 0.29) is 0 Å². The lowest BCUT2D eigenvalue weighted by atomic mass is 10.0. The Labute approximate surface area is 120 Å². The van der Waals surface area contributed by atoms with Gasteiger partial charge in [-0.1, -0.05) is 61.0 Å². The molecule has 2 rings (SSSR count). The molecule has 0 radical (unpaired) electrons. The van der Waals surface area contributed by atoms with Crippen LogP contribution in [0.1, 0.15) is 43.5 Å². The normalized spacial score (nSPS) is 14.1. The van der Waals surface area contributed by atoms with Crippen molar-refractivity contribution in [2.45, 2.75) is 32.4 Å². The lowest BCUT2D eigenvalue weighted by Gasteiger charge is -2.23. The van der Waals surface area contributed by atoms with Gasteiger partial charge in [0.1, 0.15) is 0 Å². The molecule has 0 amide bonds. The number of nitrogens with one attached hydrogen (secondary N) is 1. The standard InChI is InChI=1S/C17H20ClN/c1-3-17(15-7-5-4-6-8-15)19-13(2)14-9-11-16(18)12-10-14/h4-13,17,19H,3H2,1-2H3/t13-,17?/m1/s1. The fraction of sp³-hybridized carbons (Fsp3) is 0.294. The molecule has 2 heteroatoms. The Morgan fingerprint density at radius 3 is 2.16 bits per heavy atom. The first kappa shape index (κ1) is 14.1. The third-order valence-electron chi connectivity index (χ3n) is 3.43. The molecule has 0 aliphatic carbocycles. The molecule has 0 saturated heterocycles. The van der Waals surface area contributed by atoms with Crippen LogP contribution >= 0.6 is 11.6 Å². The van der Waals surface area contributed by atoms with Gasteiger partial charge in [0.2, 0.25) is 0 Å². The Balaban J connectivity index is 2.08. The summed E-state index contributed by atoms with van der Waals surface area (Å²) in [6, 6.07) is 19.3. The largest absolute Gasteiger partial charge is 0.303 e. The zero-order valence-corrected chi connectivity index (χ0v) is 12.2. The van der Waals surface area contributed by atoms with Crippen LogP contribution in [0.2, 0.25) is 5.02 Å². The first-order chi connectivity index (χ1) is 9.20. The summed E-state index contributed by atoms with van der Waals surface area (Å²) in [5, 5.41) is 4.46. The van der Waals surface area contributed by atoms with Gasteiger partial charge in [0.05, 0.1) is 0 Å². The summed E-state index contributed by atoms with van der Waals surface area (Å²) in [6.07, 6.45) is 1.07. The molecule has 0 aliphatic heterocycles. The van der Waals surface area contributed by atoms with E-state index in [1.807, 2.05) is 12.1 Å². The summed E-state index contributed by atoms with van der Waals surface area (Å²) >= 11 is 5.92. The molecule has 1 nitrogen and oxygen atoms in total. The fourth-order valence-electron chi connectivity index (χ4n) is 2.28. The topological polar surface area (TPSA) is 12.0 Å². The predicted molar refractivity (Wildman–Crippen MR) is 82.5 cm³/mol. The molecule has 0 fully saturated rings. The maximum atomic E-state index is 5.92. The van der Waals surface area contributed by atoms with Crippen molar-refractivity contribution in [1.82, 2.24) is 5.32 Å². The second kappa shape index (κ2) is 6.74. The van der Waals surface area contributed by atoms with E-state index in [1.165, 1.54) is 11.1 Å². The van der Waals surface area contributed by atoms with Crippen molar-refractivity contribution >= 4 is 11.6 Å². The molecule has 0 bridgehead atoms. The molecule has 0 spiro atoms. The third kappa shape index (κ3) is 3.82. The van der Waals surface area contributed by atoms with Crippen LogP contribution in [0, 0.1) is 0 Å². The lowest BCUT2D eigenvalue weighted by Crippen LogP contribution is -2.24. The van der Waals surface area contributed by atoms with Gasteiger partial charge in [0.25, 0.3) is 0 Å². The van der Waals surface area contributed by atoms with Gasteiger partial charge in [-0.25, -0.2) is 0 Å². The minimum absolute atomic E-state index is 0.308. The Morgan fingerprint density at radius 1 is 0.947 bits per heavy atom. The molecule has 100 valence electrons. The highest BCUT2D eigenvalue weighted by Crippen LogP contribution is 2.22. The molecule has 1 unspecified atom stereocenters. The summed E-state index contributed by atoms with van der Waals surface area (Å²) < 4.78 is 0. The van der Waals surface area contributed by atoms with Crippen molar-refractivity contribution in [3.05, 3.63) is 70.7 Å². The van der Waals surface area contributed by atoms with Gasteiger partial charge in [0, 0.05) is 17.1 Å². The third-order valence-corrected chi connectivity index (χ3v) is 3.68. The first-order valence-corrected chi connectivity index (χ1v) is 7.15. The Kier molecular flexibility index (Phi) is 5.00. The van der Waals surface area contributed by atoms with Gasteiger partial charge < -0.3 is 5.32 Å². The van der Waals surface area contributed by atoms with Crippen molar-refractivity contribution < 1.29 is 0 Å². The number of benzene rings is 2. The van der Waals surface area contributed by atoms with Gasteiger partial charge in [-0.3, -0.25) is 0 Å². The van der Waals surface area contributed by atoms with E-state index in [4.69, 9.17) is 11.6 Å². The van der Waals surface area contributed by atoms with Crippen molar-refractivity contribution in [1.29, 1.82) is 0 Å². The molecule has 0 aromatic heterocycles. The van der Waals surface area contributed by atoms with Crippen molar-refractivity contribution in [3.63, 3.8) is 0 Å². The number of rotatable bonds is 5. The average molecular weight is 274 g/mol. The van der Waals surface area contributed by atoms with Crippen LogP contribution < -0.4 is 5.32 Å². The molecule has 0 saturated carbocycles. The van der Waals surface area contributed by atoms with Crippen LogP contribution in [-0.2, 0) is 0 Å². The van der Waals surface area contributed by atoms with E-state index < -0.39 is 0 Å². The maximum Gasteiger partial charge on any atom is 0.0406 e. The molecule has 2 aromatic rings. The number of halogens is 1. The molecule has 2 atom stereocenters. The van der Waals surface area contributed by atoms with E-state index >= 15 is 0 Å². The molecule has 0 heterocycles. The smallest absolute Gasteiger partial charge is 0.0406 e. The van der Waals surface area contributed by atoms with Crippen LogP contribution in [0.15, 0.2) is 54.6 Å². The zero-order valence-electron chi connectivity index (χ0n) is 11.4. The van der Waals surface area contributed by atoms with Crippen LogP contribution in [0.4, 0.5) is 0 Å². The van der Waals surface area contributed by atoms with Crippen LogP contribution in [-0.4, -0.2) is 0 Å². The fourth-order valence-corrected chi connectivity index (χ4v) is 2.41. The predicted octanol–water partition coefficient (Wildman–Crippen LogP) is 5.14. The number of hydrogen-bond acceptors (Lipinski definition) is 1. The van der Waals surface area contributed by atoms with Gasteiger partial charge in [-0.15, -0.1) is 0 Å². The summed E-state index contributed by atoms with van der Waals surface area (Å²) in [5.74, 6) is 0. The van der Waals surface area contributed by atoms with Gasteiger partial charge in [-0.05, 0) is 36.6 Å². The van der Waals surface area contributed by atoms with E-state index in [0.29, 0.717) is 12.1 Å². The average Bonchev–Trinajstić information content (AvgIpc) is 2.46. The minimum Gasteiger partial charge on any atom is -0.303 e. The summed E-state index contributed by atoms with van der Waals surface area (Å²) in [4.78, 5) is 0. The van der Waals surface area contributed by atoms with Gasteiger partial charge in [-0.2, -0.15) is 0 Å². The van der Waals surface area contributed by atoms with Gasteiger partial charge >= 0.3 is 0 Å². The SMILES string of the molecule is CCC(N[C@H](C)c1ccc(Cl)cc1)c1ccccc1. The van der Waals surface area contributed by atoms with E-state index in [2.05, 4.69) is 61.6 Å². The van der Waals surface area contributed by atoms with Crippen molar-refractivity contribution in [3.8, 4) is 0 Å². The van der Waals surface area contributed by atoms with Crippen LogP contribution in [0.25, 0.3) is 0 Å². The first-order valence-electron chi connectivity index (χ1n) is 6.77. The van der Waals surface area contributed by atoms with E-state index in [0.717, 1.165) is 11.4 Å². The highest BCUT2D eigenvalue weighted by Gasteiger charge is 2.13. The molecule has 19 heavy (non-hydrogen) atoms. The Bertz CT molecular complexity index is 492. The monoisotopic (exact) mass is 273 g/mol. The summed E-state index contributed by atoms with van der Waals surface area (Å²) in [7, 11) is 0. The van der Waals surface area contributed by atoms with Gasteiger partial charge in [0.15, 0.2) is 0 Å². The number of hydrogen-bond donors (Lipinski definition) is 1. The van der Waals surface area contributed by atoms with E-state index in [1.54, 1.807) is 0 Å². The second-order valence-electron chi connectivity index (χ2n) is 4.81. The van der Waals surface area contributed by atoms with Crippen molar-refractivity contribution in [2.75, 3.05) is 0 Å². The molecular weight excluding hydrogens is 254 g/mol. The molecule has 2 aromatic carbocycles.